The van der Waals surface area contributed by atoms with E-state index in [0.29, 0.717) is 0 Å². The zero-order chi connectivity index (χ0) is 10.8. The van der Waals surface area contributed by atoms with E-state index in [1.165, 1.54) is 5.56 Å². The van der Waals surface area contributed by atoms with Crippen molar-refractivity contribution < 1.29 is 4.74 Å². The molecule has 0 radical (unpaired) electrons. The van der Waals surface area contributed by atoms with Crippen molar-refractivity contribution in [2.45, 2.75) is 12.6 Å². The summed E-state index contributed by atoms with van der Waals surface area (Å²) in [5.41, 5.74) is 2.36. The predicted octanol–water partition coefficient (Wildman–Crippen LogP) is 2.55. The number of rotatable bonds is 0. The second-order valence-corrected chi connectivity index (χ2v) is 3.92. The molecule has 2 nitrogen and oxygen atoms in total. The molecule has 0 bridgehead atoms. The fraction of sp³-hybridized carbons (Fsp3) is 0.143. The highest BCUT2D eigenvalue weighted by Crippen LogP contribution is 2.25. The van der Waals surface area contributed by atoms with Crippen molar-refractivity contribution in [3.05, 3.63) is 65.9 Å². The van der Waals surface area contributed by atoms with Crippen LogP contribution in [0.3, 0.4) is 0 Å². The molecular weight excluding hydrogens is 198 g/mol. The largest absolute Gasteiger partial charge is 0.481 e. The van der Waals surface area contributed by atoms with Crippen LogP contribution in [-0.2, 0) is 6.54 Å². The lowest BCUT2D eigenvalue weighted by molar-refractivity contribution is 0.280. The molecule has 80 valence electrons. The molecule has 2 heteroatoms. The van der Waals surface area contributed by atoms with Gasteiger partial charge in [-0.3, -0.25) is 0 Å². The van der Waals surface area contributed by atoms with Crippen LogP contribution < -0.4 is 10.1 Å². The summed E-state index contributed by atoms with van der Waals surface area (Å²) in [5, 5.41) is 3.32. The molecule has 0 fully saturated rings. The number of hydrogen-bond acceptors (Lipinski definition) is 2. The maximum Gasteiger partial charge on any atom is 0.144 e. The van der Waals surface area contributed by atoms with Crippen molar-refractivity contribution in [1.29, 1.82) is 0 Å². The molecule has 0 spiro atoms. The molecule has 0 amide bonds. The fourth-order valence-electron chi connectivity index (χ4n) is 1.96. The fourth-order valence-corrected chi connectivity index (χ4v) is 1.96. The summed E-state index contributed by atoms with van der Waals surface area (Å²) >= 11 is 0. The highest BCUT2D eigenvalue weighted by Gasteiger charge is 2.16. The zero-order valence-corrected chi connectivity index (χ0v) is 8.89. The van der Waals surface area contributed by atoms with Crippen molar-refractivity contribution in [1.82, 2.24) is 5.32 Å². The Morgan fingerprint density at radius 2 is 2.12 bits per heavy atom. The molecule has 1 unspecified atom stereocenters. The summed E-state index contributed by atoms with van der Waals surface area (Å²) in [5.74, 6) is 0.963. The summed E-state index contributed by atoms with van der Waals surface area (Å²) < 4.78 is 5.99. The number of nitrogens with one attached hydrogen (secondary N) is 1. The topological polar surface area (TPSA) is 21.3 Å². The van der Waals surface area contributed by atoms with Gasteiger partial charge in [0.25, 0.3) is 0 Å². The lowest BCUT2D eigenvalue weighted by atomic mass is 10.0. The minimum atomic E-state index is 0.0268. The lowest BCUT2D eigenvalue weighted by Crippen LogP contribution is -2.23. The summed E-state index contributed by atoms with van der Waals surface area (Å²) in [6, 6.07) is 8.15. The van der Waals surface area contributed by atoms with Gasteiger partial charge in [0.2, 0.25) is 0 Å². The van der Waals surface area contributed by atoms with Gasteiger partial charge < -0.3 is 10.1 Å². The SMILES string of the molecule is C1=C/C2=C/NCc3ccccc3OC2C=C1. The molecule has 1 aliphatic heterocycles. The smallest absolute Gasteiger partial charge is 0.144 e. The Labute approximate surface area is 94.9 Å². The minimum absolute atomic E-state index is 0.0268. The number of benzene rings is 1. The van der Waals surface area contributed by atoms with Crippen LogP contribution in [0.4, 0.5) is 0 Å². The normalized spacial score (nSPS) is 25.0. The van der Waals surface area contributed by atoms with Crippen molar-refractivity contribution in [3.63, 3.8) is 0 Å². The molecule has 1 aromatic rings. The monoisotopic (exact) mass is 211 g/mol. The molecule has 0 saturated heterocycles. The predicted molar refractivity (Wildman–Crippen MR) is 64.1 cm³/mol. The van der Waals surface area contributed by atoms with E-state index >= 15 is 0 Å². The quantitative estimate of drug-likeness (QED) is 0.712. The molecule has 2 aliphatic rings. The molecule has 1 aliphatic carbocycles. The molecular formula is C14H13NO. The molecule has 1 atom stereocenters. The number of fused-ring (bicyclic) bond motifs is 2. The maximum atomic E-state index is 5.99. The zero-order valence-electron chi connectivity index (χ0n) is 8.89. The van der Waals surface area contributed by atoms with Crippen molar-refractivity contribution in [2.75, 3.05) is 0 Å². The molecule has 1 heterocycles. The van der Waals surface area contributed by atoms with Crippen LogP contribution in [0.2, 0.25) is 0 Å². The van der Waals surface area contributed by atoms with Crippen LogP contribution in [-0.4, -0.2) is 6.10 Å². The van der Waals surface area contributed by atoms with Crippen molar-refractivity contribution >= 4 is 0 Å². The first-order chi connectivity index (χ1) is 7.93. The Balaban J connectivity index is 1.98. The Morgan fingerprint density at radius 1 is 1.19 bits per heavy atom. The molecule has 0 saturated carbocycles. The second kappa shape index (κ2) is 3.89. The van der Waals surface area contributed by atoms with Gasteiger partial charge in [-0.1, -0.05) is 36.4 Å². The Hall–Kier alpha value is -1.96. The van der Waals surface area contributed by atoms with Gasteiger partial charge in [-0.05, 0) is 12.1 Å². The van der Waals surface area contributed by atoms with Crippen LogP contribution >= 0.6 is 0 Å². The lowest BCUT2D eigenvalue weighted by Gasteiger charge is -2.23. The number of hydrogen-bond donors (Lipinski definition) is 1. The van der Waals surface area contributed by atoms with E-state index in [4.69, 9.17) is 4.74 Å². The van der Waals surface area contributed by atoms with E-state index in [-0.39, 0.29) is 6.10 Å². The first-order valence-corrected chi connectivity index (χ1v) is 5.46. The highest BCUT2D eigenvalue weighted by molar-refractivity contribution is 5.40. The standard InChI is InChI=1S/C14H13NO/c1-3-7-13-11(5-1)9-15-10-12-6-2-4-8-14(12)16-13/h1-9,13,15H,10H2/b11-9-. The van der Waals surface area contributed by atoms with Gasteiger partial charge in [-0.25, -0.2) is 0 Å². The van der Waals surface area contributed by atoms with Crippen LogP contribution in [0, 0.1) is 0 Å². The van der Waals surface area contributed by atoms with E-state index in [1.54, 1.807) is 0 Å². The van der Waals surface area contributed by atoms with Crippen molar-refractivity contribution in [3.8, 4) is 5.75 Å². The van der Waals surface area contributed by atoms with E-state index in [9.17, 15) is 0 Å². The van der Waals surface area contributed by atoms with Crippen LogP contribution in [0.25, 0.3) is 0 Å². The second-order valence-electron chi connectivity index (χ2n) is 3.92. The van der Waals surface area contributed by atoms with Crippen LogP contribution in [0.15, 0.2) is 60.3 Å². The molecule has 1 aromatic carbocycles. The van der Waals surface area contributed by atoms with Gasteiger partial charge in [0.1, 0.15) is 11.9 Å². The van der Waals surface area contributed by atoms with Crippen LogP contribution in [0.5, 0.6) is 5.75 Å². The number of allylic oxidation sites excluding steroid dienone is 2. The van der Waals surface area contributed by atoms with E-state index in [0.717, 1.165) is 17.9 Å². The number of para-hydroxylation sites is 1. The van der Waals surface area contributed by atoms with Crippen molar-refractivity contribution in [2.24, 2.45) is 0 Å². The third kappa shape index (κ3) is 1.63. The molecule has 0 aromatic heterocycles. The van der Waals surface area contributed by atoms with Crippen LogP contribution in [0.1, 0.15) is 5.56 Å². The first kappa shape index (κ1) is 9.28. The van der Waals surface area contributed by atoms with Gasteiger partial charge in [-0.15, -0.1) is 0 Å². The molecule has 16 heavy (non-hydrogen) atoms. The highest BCUT2D eigenvalue weighted by atomic mass is 16.5. The Bertz CT molecular complexity index is 485. The average Bonchev–Trinajstić information content (AvgIpc) is 2.29. The van der Waals surface area contributed by atoms with Gasteiger partial charge in [0.05, 0.1) is 0 Å². The van der Waals surface area contributed by atoms with E-state index < -0.39 is 0 Å². The summed E-state index contributed by atoms with van der Waals surface area (Å²) in [6.07, 6.45) is 10.2. The first-order valence-electron chi connectivity index (χ1n) is 5.46. The number of ether oxygens (including phenoxy) is 1. The minimum Gasteiger partial charge on any atom is -0.481 e. The van der Waals surface area contributed by atoms with Gasteiger partial charge in [0.15, 0.2) is 0 Å². The van der Waals surface area contributed by atoms with Gasteiger partial charge >= 0.3 is 0 Å². The Kier molecular flexibility index (Phi) is 2.26. The Morgan fingerprint density at radius 3 is 3.12 bits per heavy atom. The average molecular weight is 211 g/mol. The van der Waals surface area contributed by atoms with E-state index in [2.05, 4.69) is 23.5 Å². The van der Waals surface area contributed by atoms with E-state index in [1.807, 2.05) is 36.6 Å². The summed E-state index contributed by atoms with van der Waals surface area (Å²) in [7, 11) is 0. The molecule has 3 rings (SSSR count). The third-order valence-electron chi connectivity index (χ3n) is 2.80. The maximum absolute atomic E-state index is 5.99. The van der Waals surface area contributed by atoms with Gasteiger partial charge in [-0.2, -0.15) is 0 Å². The molecule has 1 N–H and O–H groups in total. The van der Waals surface area contributed by atoms with Gasteiger partial charge in [0, 0.05) is 23.9 Å². The summed E-state index contributed by atoms with van der Waals surface area (Å²) in [6.45, 7) is 0.809. The summed E-state index contributed by atoms with van der Waals surface area (Å²) in [4.78, 5) is 0. The third-order valence-corrected chi connectivity index (χ3v) is 2.80.